The second kappa shape index (κ2) is 10.2. The largest absolute Gasteiger partial charge is 0.478 e. The van der Waals surface area contributed by atoms with Crippen LogP contribution in [-0.2, 0) is 0 Å². The zero-order valence-corrected chi connectivity index (χ0v) is 15.8. The van der Waals surface area contributed by atoms with Gasteiger partial charge >= 0.3 is 0 Å². The minimum absolute atomic E-state index is 0. The van der Waals surface area contributed by atoms with Crippen molar-refractivity contribution in [1.29, 1.82) is 0 Å². The van der Waals surface area contributed by atoms with Gasteiger partial charge in [0.1, 0.15) is 0 Å². The third-order valence-corrected chi connectivity index (χ3v) is 4.86. The normalized spacial score (nSPS) is 14.3. The van der Waals surface area contributed by atoms with Gasteiger partial charge < -0.3 is 4.74 Å². The van der Waals surface area contributed by atoms with Crippen molar-refractivity contribution in [1.82, 2.24) is 9.88 Å². The molecule has 0 bridgehead atoms. The number of aromatic nitrogens is 1. The predicted octanol–water partition coefficient (Wildman–Crippen LogP) is 4.55. The SMILES string of the molecule is Cc1cc(OCCCCN2CCSC2)nc2ccccc12.Cl.Cl. The van der Waals surface area contributed by atoms with E-state index in [1.807, 2.05) is 36.0 Å². The van der Waals surface area contributed by atoms with Crippen LogP contribution in [0.5, 0.6) is 5.88 Å². The molecule has 0 saturated carbocycles. The van der Waals surface area contributed by atoms with Gasteiger partial charge in [-0.2, -0.15) is 0 Å². The number of fused-ring (bicyclic) bond motifs is 1. The predicted molar refractivity (Wildman–Crippen MR) is 105 cm³/mol. The highest BCUT2D eigenvalue weighted by molar-refractivity contribution is 7.99. The van der Waals surface area contributed by atoms with Gasteiger partial charge in [0.25, 0.3) is 0 Å². The van der Waals surface area contributed by atoms with Gasteiger partial charge in [0.05, 0.1) is 12.1 Å². The summed E-state index contributed by atoms with van der Waals surface area (Å²) in [4.78, 5) is 7.09. The highest BCUT2D eigenvalue weighted by atomic mass is 35.5. The van der Waals surface area contributed by atoms with Gasteiger partial charge in [-0.25, -0.2) is 4.98 Å². The van der Waals surface area contributed by atoms with E-state index in [2.05, 4.69) is 22.9 Å². The van der Waals surface area contributed by atoms with E-state index in [9.17, 15) is 0 Å². The summed E-state index contributed by atoms with van der Waals surface area (Å²) in [6.45, 7) is 5.31. The summed E-state index contributed by atoms with van der Waals surface area (Å²) in [5.74, 6) is 3.24. The van der Waals surface area contributed by atoms with Gasteiger partial charge in [0.2, 0.25) is 5.88 Å². The lowest BCUT2D eigenvalue weighted by molar-refractivity contribution is 0.277. The lowest BCUT2D eigenvalue weighted by atomic mass is 10.1. The molecule has 6 heteroatoms. The van der Waals surface area contributed by atoms with E-state index in [-0.39, 0.29) is 24.8 Å². The van der Waals surface area contributed by atoms with Crippen molar-refractivity contribution in [2.24, 2.45) is 0 Å². The number of rotatable bonds is 6. The maximum atomic E-state index is 5.82. The van der Waals surface area contributed by atoms with Gasteiger partial charge in [0, 0.05) is 29.6 Å². The fourth-order valence-electron chi connectivity index (χ4n) is 2.63. The van der Waals surface area contributed by atoms with E-state index in [1.54, 1.807) is 0 Å². The van der Waals surface area contributed by atoms with Crippen LogP contribution in [-0.4, -0.2) is 41.2 Å². The molecule has 128 valence electrons. The molecule has 1 aromatic carbocycles. The molecule has 3 rings (SSSR count). The quantitative estimate of drug-likeness (QED) is 0.692. The van der Waals surface area contributed by atoms with Crippen molar-refractivity contribution < 1.29 is 4.74 Å². The number of hydrogen-bond acceptors (Lipinski definition) is 4. The topological polar surface area (TPSA) is 25.4 Å². The number of nitrogens with zero attached hydrogens (tertiary/aromatic N) is 2. The van der Waals surface area contributed by atoms with Crippen LogP contribution in [0.1, 0.15) is 18.4 Å². The van der Waals surface area contributed by atoms with Crippen LogP contribution in [0.25, 0.3) is 10.9 Å². The number of hydrogen-bond donors (Lipinski definition) is 0. The highest BCUT2D eigenvalue weighted by Crippen LogP contribution is 2.21. The van der Waals surface area contributed by atoms with Crippen molar-refractivity contribution >= 4 is 47.5 Å². The Morgan fingerprint density at radius 3 is 2.83 bits per heavy atom. The molecule has 0 unspecified atom stereocenters. The smallest absolute Gasteiger partial charge is 0.214 e. The van der Waals surface area contributed by atoms with Crippen molar-refractivity contribution in [2.45, 2.75) is 19.8 Å². The molecule has 0 N–H and O–H groups in total. The Labute approximate surface area is 155 Å². The monoisotopic (exact) mass is 374 g/mol. The number of pyridine rings is 1. The van der Waals surface area contributed by atoms with Crippen LogP contribution in [0.4, 0.5) is 0 Å². The number of halogens is 2. The lowest BCUT2D eigenvalue weighted by Crippen LogP contribution is -2.21. The van der Waals surface area contributed by atoms with Gasteiger partial charge in [0.15, 0.2) is 0 Å². The maximum absolute atomic E-state index is 5.82. The highest BCUT2D eigenvalue weighted by Gasteiger charge is 2.10. The first-order chi connectivity index (χ1) is 10.3. The van der Waals surface area contributed by atoms with Crippen LogP contribution in [0, 0.1) is 6.92 Å². The second-order valence-corrected chi connectivity index (χ2v) is 6.58. The van der Waals surface area contributed by atoms with Crippen molar-refractivity contribution in [3.63, 3.8) is 0 Å². The molecule has 1 saturated heterocycles. The Balaban J connectivity index is 0.00000132. The molecule has 23 heavy (non-hydrogen) atoms. The number of benzene rings is 1. The van der Waals surface area contributed by atoms with Gasteiger partial charge in [-0.3, -0.25) is 4.90 Å². The minimum atomic E-state index is 0. The summed E-state index contributed by atoms with van der Waals surface area (Å²) in [5.41, 5.74) is 2.24. The average Bonchev–Trinajstić information content (AvgIpc) is 3.00. The summed E-state index contributed by atoms with van der Waals surface area (Å²) in [5, 5.41) is 1.20. The molecule has 0 atom stereocenters. The third-order valence-electron chi connectivity index (χ3n) is 3.84. The third kappa shape index (κ3) is 5.71. The fourth-order valence-corrected chi connectivity index (χ4v) is 3.67. The zero-order chi connectivity index (χ0) is 14.5. The van der Waals surface area contributed by atoms with Gasteiger partial charge in [-0.15, -0.1) is 36.6 Å². The Morgan fingerprint density at radius 2 is 2.04 bits per heavy atom. The molecule has 0 amide bonds. The molecule has 2 heterocycles. The first-order valence-corrected chi connectivity index (χ1v) is 8.78. The van der Waals surface area contributed by atoms with E-state index < -0.39 is 0 Å². The fraction of sp³-hybridized carbons (Fsp3) is 0.471. The molecule has 1 aliphatic rings. The minimum Gasteiger partial charge on any atom is -0.478 e. The summed E-state index contributed by atoms with van der Waals surface area (Å²) in [6, 6.07) is 10.3. The first kappa shape index (κ1) is 20.4. The number of ether oxygens (including phenoxy) is 1. The number of para-hydroxylation sites is 1. The first-order valence-electron chi connectivity index (χ1n) is 7.62. The van der Waals surface area contributed by atoms with E-state index in [0.29, 0.717) is 0 Å². The number of aryl methyl sites for hydroxylation is 1. The molecule has 0 aliphatic carbocycles. The Morgan fingerprint density at radius 1 is 1.22 bits per heavy atom. The number of unbranched alkanes of at least 4 members (excludes halogenated alkanes) is 1. The lowest BCUT2D eigenvalue weighted by Gasteiger charge is -2.13. The van der Waals surface area contributed by atoms with Crippen LogP contribution in [0.2, 0.25) is 0 Å². The van der Waals surface area contributed by atoms with E-state index in [4.69, 9.17) is 4.74 Å². The molecule has 0 radical (unpaired) electrons. The van der Waals surface area contributed by atoms with Crippen LogP contribution < -0.4 is 4.74 Å². The Bertz CT molecular complexity index is 606. The van der Waals surface area contributed by atoms with Gasteiger partial charge in [-0.05, 0) is 37.9 Å². The molecular formula is C17H24Cl2N2OS. The van der Waals surface area contributed by atoms with E-state index in [0.717, 1.165) is 24.4 Å². The van der Waals surface area contributed by atoms with Crippen molar-refractivity contribution in [2.75, 3.05) is 31.3 Å². The van der Waals surface area contributed by atoms with Crippen LogP contribution in [0.3, 0.4) is 0 Å². The molecule has 1 aromatic heterocycles. The molecule has 3 nitrogen and oxygen atoms in total. The van der Waals surface area contributed by atoms with Crippen LogP contribution in [0.15, 0.2) is 30.3 Å². The standard InChI is InChI=1S/C17H22N2OS.2ClH/c1-14-12-17(18-16-7-3-2-6-15(14)16)20-10-5-4-8-19-9-11-21-13-19;;/h2-3,6-7,12H,4-5,8-11,13H2,1H3;2*1H. The average molecular weight is 375 g/mol. The molecular weight excluding hydrogens is 351 g/mol. The Hall–Kier alpha value is -0.680. The molecule has 2 aromatic rings. The van der Waals surface area contributed by atoms with Crippen LogP contribution >= 0.6 is 36.6 Å². The molecule has 0 spiro atoms. The summed E-state index contributed by atoms with van der Waals surface area (Å²) in [7, 11) is 0. The van der Waals surface area contributed by atoms with E-state index >= 15 is 0 Å². The summed E-state index contributed by atoms with van der Waals surface area (Å²) >= 11 is 2.03. The molecule has 1 aliphatic heterocycles. The summed E-state index contributed by atoms with van der Waals surface area (Å²) < 4.78 is 5.82. The van der Waals surface area contributed by atoms with E-state index in [1.165, 1.54) is 42.1 Å². The summed E-state index contributed by atoms with van der Waals surface area (Å²) in [6.07, 6.45) is 2.29. The molecule has 1 fully saturated rings. The van der Waals surface area contributed by atoms with Crippen molar-refractivity contribution in [3.8, 4) is 5.88 Å². The number of thioether (sulfide) groups is 1. The van der Waals surface area contributed by atoms with Crippen molar-refractivity contribution in [3.05, 3.63) is 35.9 Å². The second-order valence-electron chi connectivity index (χ2n) is 5.51. The zero-order valence-electron chi connectivity index (χ0n) is 13.4. The maximum Gasteiger partial charge on any atom is 0.214 e. The Kier molecular flexibility index (Phi) is 9.07. The van der Waals surface area contributed by atoms with Gasteiger partial charge in [-0.1, -0.05) is 18.2 Å².